The molecule has 132 valence electrons. The Labute approximate surface area is 145 Å². The molecule has 2 amide bonds. The zero-order chi connectivity index (χ0) is 16.9. The number of nitrogens with one attached hydrogen (secondary N) is 1. The fourth-order valence-corrected chi connectivity index (χ4v) is 3.76. The standard InChI is InChI=1S/C15H24N6O2S/c1-20(9-13(22)16-11-7-8-11)14(23)10-24-15-17-18-19-21(15)12-5-3-2-4-6-12/h11-12H,2-10H2,1H3,(H,16,22). The van der Waals surface area contributed by atoms with Gasteiger partial charge in [0.25, 0.3) is 0 Å². The largest absolute Gasteiger partial charge is 0.352 e. The quantitative estimate of drug-likeness (QED) is 0.736. The van der Waals surface area contributed by atoms with Crippen LogP contribution in [0, 0.1) is 0 Å². The number of hydrogen-bond donors (Lipinski definition) is 1. The summed E-state index contributed by atoms with van der Waals surface area (Å²) in [7, 11) is 1.65. The second-order valence-electron chi connectivity index (χ2n) is 6.58. The van der Waals surface area contributed by atoms with Crippen molar-refractivity contribution in [2.45, 2.75) is 62.2 Å². The lowest BCUT2D eigenvalue weighted by Gasteiger charge is -2.22. The van der Waals surface area contributed by atoms with E-state index in [2.05, 4.69) is 20.8 Å². The van der Waals surface area contributed by atoms with Crippen LogP contribution in [-0.4, -0.2) is 62.3 Å². The molecule has 9 heteroatoms. The van der Waals surface area contributed by atoms with Gasteiger partial charge in [-0.2, -0.15) is 0 Å². The number of aromatic nitrogens is 4. The van der Waals surface area contributed by atoms with Crippen molar-refractivity contribution in [3.8, 4) is 0 Å². The Balaban J connectivity index is 1.47. The van der Waals surface area contributed by atoms with Crippen molar-refractivity contribution in [2.24, 2.45) is 0 Å². The van der Waals surface area contributed by atoms with Crippen LogP contribution in [-0.2, 0) is 9.59 Å². The third-order valence-electron chi connectivity index (χ3n) is 4.46. The van der Waals surface area contributed by atoms with Crippen LogP contribution in [0.15, 0.2) is 5.16 Å². The van der Waals surface area contributed by atoms with E-state index in [1.165, 1.54) is 35.9 Å². The number of hydrogen-bond acceptors (Lipinski definition) is 6. The number of tetrazole rings is 1. The molecule has 2 aliphatic rings. The van der Waals surface area contributed by atoms with E-state index in [0.717, 1.165) is 25.7 Å². The monoisotopic (exact) mass is 352 g/mol. The van der Waals surface area contributed by atoms with Crippen molar-refractivity contribution in [1.82, 2.24) is 30.4 Å². The Morgan fingerprint density at radius 3 is 2.71 bits per heavy atom. The highest BCUT2D eigenvalue weighted by atomic mass is 32.2. The van der Waals surface area contributed by atoms with Gasteiger partial charge in [0.05, 0.1) is 18.3 Å². The minimum Gasteiger partial charge on any atom is -0.352 e. The smallest absolute Gasteiger partial charge is 0.239 e. The number of carbonyl (C=O) groups excluding carboxylic acids is 2. The summed E-state index contributed by atoms with van der Waals surface area (Å²) in [6.45, 7) is 0.101. The summed E-state index contributed by atoms with van der Waals surface area (Å²) in [4.78, 5) is 25.4. The van der Waals surface area contributed by atoms with E-state index in [4.69, 9.17) is 0 Å². The SMILES string of the molecule is CN(CC(=O)NC1CC1)C(=O)CSc1nnnn1C1CCCCC1. The molecule has 24 heavy (non-hydrogen) atoms. The highest BCUT2D eigenvalue weighted by Gasteiger charge is 2.25. The van der Waals surface area contributed by atoms with E-state index in [0.29, 0.717) is 17.2 Å². The molecule has 1 heterocycles. The minimum absolute atomic E-state index is 0.0922. The summed E-state index contributed by atoms with van der Waals surface area (Å²) in [6.07, 6.45) is 7.94. The molecule has 1 aromatic heterocycles. The molecule has 0 aliphatic heterocycles. The minimum atomic E-state index is -0.0934. The van der Waals surface area contributed by atoms with Crippen molar-refractivity contribution >= 4 is 23.6 Å². The van der Waals surface area contributed by atoms with Gasteiger partial charge in [0.15, 0.2) is 0 Å². The van der Waals surface area contributed by atoms with Gasteiger partial charge in [0.2, 0.25) is 17.0 Å². The van der Waals surface area contributed by atoms with Crippen LogP contribution in [0.4, 0.5) is 0 Å². The maximum Gasteiger partial charge on any atom is 0.239 e. The first kappa shape index (κ1) is 17.2. The van der Waals surface area contributed by atoms with Crippen LogP contribution in [0.3, 0.4) is 0 Å². The Hall–Kier alpha value is -1.64. The fourth-order valence-electron chi connectivity index (χ4n) is 2.88. The van der Waals surface area contributed by atoms with E-state index in [-0.39, 0.29) is 24.1 Å². The second-order valence-corrected chi connectivity index (χ2v) is 7.52. The predicted octanol–water partition coefficient (Wildman–Crippen LogP) is 1.01. The van der Waals surface area contributed by atoms with Gasteiger partial charge in [-0.3, -0.25) is 9.59 Å². The predicted molar refractivity (Wildman–Crippen MR) is 89.5 cm³/mol. The lowest BCUT2D eigenvalue weighted by Crippen LogP contribution is -2.39. The van der Waals surface area contributed by atoms with Crippen LogP contribution in [0.25, 0.3) is 0 Å². The summed E-state index contributed by atoms with van der Waals surface area (Å²) < 4.78 is 1.86. The van der Waals surface area contributed by atoms with E-state index < -0.39 is 0 Å². The number of likely N-dealkylation sites (N-methyl/N-ethyl adjacent to an activating group) is 1. The first-order valence-electron chi connectivity index (χ1n) is 8.57. The molecular formula is C15H24N6O2S. The van der Waals surface area contributed by atoms with E-state index in [1.54, 1.807) is 7.05 Å². The first-order valence-corrected chi connectivity index (χ1v) is 9.56. The van der Waals surface area contributed by atoms with Gasteiger partial charge in [-0.1, -0.05) is 31.0 Å². The summed E-state index contributed by atoms with van der Waals surface area (Å²) in [5.74, 6) is 0.0508. The molecule has 2 fully saturated rings. The van der Waals surface area contributed by atoms with Crippen molar-refractivity contribution in [1.29, 1.82) is 0 Å². The van der Waals surface area contributed by atoms with E-state index >= 15 is 0 Å². The molecule has 0 saturated heterocycles. The van der Waals surface area contributed by atoms with Crippen LogP contribution in [0.5, 0.6) is 0 Å². The highest BCUT2D eigenvalue weighted by Crippen LogP contribution is 2.30. The van der Waals surface area contributed by atoms with Gasteiger partial charge in [-0.15, -0.1) is 5.10 Å². The maximum absolute atomic E-state index is 12.2. The molecule has 3 rings (SSSR count). The van der Waals surface area contributed by atoms with Gasteiger partial charge in [-0.25, -0.2) is 4.68 Å². The van der Waals surface area contributed by atoms with Gasteiger partial charge in [0, 0.05) is 13.1 Å². The summed E-state index contributed by atoms with van der Waals surface area (Å²) >= 11 is 1.34. The average Bonchev–Trinajstić information content (AvgIpc) is 3.26. The van der Waals surface area contributed by atoms with Crippen LogP contribution in [0.1, 0.15) is 51.0 Å². The van der Waals surface area contributed by atoms with Crippen LogP contribution < -0.4 is 5.32 Å². The Bertz CT molecular complexity index is 582. The van der Waals surface area contributed by atoms with Gasteiger partial charge < -0.3 is 10.2 Å². The van der Waals surface area contributed by atoms with E-state index in [9.17, 15) is 9.59 Å². The van der Waals surface area contributed by atoms with Gasteiger partial charge in [0.1, 0.15) is 0 Å². The Morgan fingerprint density at radius 2 is 2.00 bits per heavy atom. The number of carbonyl (C=O) groups is 2. The normalized spacial score (nSPS) is 18.4. The summed E-state index contributed by atoms with van der Waals surface area (Å²) in [5.41, 5.74) is 0. The average molecular weight is 352 g/mol. The molecule has 0 spiro atoms. The molecule has 1 aromatic rings. The van der Waals surface area contributed by atoms with E-state index in [1.807, 2.05) is 4.68 Å². The number of thioether (sulfide) groups is 1. The summed E-state index contributed by atoms with van der Waals surface area (Å²) in [6, 6.07) is 0.656. The van der Waals surface area contributed by atoms with Crippen molar-refractivity contribution < 1.29 is 9.59 Å². The Kier molecular flexibility index (Phi) is 5.70. The third kappa shape index (κ3) is 4.68. The molecule has 0 unspecified atom stereocenters. The lowest BCUT2D eigenvalue weighted by atomic mass is 9.96. The van der Waals surface area contributed by atoms with Crippen LogP contribution >= 0.6 is 11.8 Å². The first-order chi connectivity index (χ1) is 11.6. The van der Waals surface area contributed by atoms with Crippen molar-refractivity contribution in [3.05, 3.63) is 0 Å². The second kappa shape index (κ2) is 7.96. The lowest BCUT2D eigenvalue weighted by molar-refractivity contribution is -0.132. The van der Waals surface area contributed by atoms with Crippen molar-refractivity contribution in [3.63, 3.8) is 0 Å². The zero-order valence-corrected chi connectivity index (χ0v) is 14.8. The number of nitrogens with zero attached hydrogens (tertiary/aromatic N) is 5. The van der Waals surface area contributed by atoms with Gasteiger partial charge in [-0.05, 0) is 36.1 Å². The molecular weight excluding hydrogens is 328 g/mol. The number of amides is 2. The molecule has 0 bridgehead atoms. The zero-order valence-electron chi connectivity index (χ0n) is 14.0. The molecule has 0 radical (unpaired) electrons. The maximum atomic E-state index is 12.2. The van der Waals surface area contributed by atoms with Crippen LogP contribution in [0.2, 0.25) is 0 Å². The summed E-state index contributed by atoms with van der Waals surface area (Å²) in [5, 5.41) is 15.5. The molecule has 8 nitrogen and oxygen atoms in total. The Morgan fingerprint density at radius 1 is 1.25 bits per heavy atom. The van der Waals surface area contributed by atoms with Crippen molar-refractivity contribution in [2.75, 3.05) is 19.3 Å². The number of rotatable bonds is 7. The molecule has 0 aromatic carbocycles. The highest BCUT2D eigenvalue weighted by molar-refractivity contribution is 7.99. The third-order valence-corrected chi connectivity index (χ3v) is 5.38. The fraction of sp³-hybridized carbons (Fsp3) is 0.800. The van der Waals surface area contributed by atoms with Gasteiger partial charge >= 0.3 is 0 Å². The molecule has 2 aliphatic carbocycles. The molecule has 2 saturated carbocycles. The topological polar surface area (TPSA) is 93.0 Å². The molecule has 1 N–H and O–H groups in total. The molecule has 0 atom stereocenters.